The Labute approximate surface area is 177 Å². The molecule has 6 heteroatoms. The highest BCUT2D eigenvalue weighted by Crippen LogP contribution is 2.23. The minimum atomic E-state index is -0.631. The number of hydrogen-bond donors (Lipinski definition) is 1. The zero-order valence-corrected chi connectivity index (χ0v) is 17.6. The number of carbonyl (C=O) groups is 1. The van der Waals surface area contributed by atoms with E-state index in [1.54, 1.807) is 6.92 Å². The largest absolute Gasteiger partial charge is 0.462 e. The molecule has 0 saturated carbocycles. The average Bonchev–Trinajstić information content (AvgIpc) is 2.72. The second-order valence-corrected chi connectivity index (χ2v) is 7.42. The zero-order valence-electron chi connectivity index (χ0n) is 16.1. The molecule has 0 aliphatic carbocycles. The maximum absolute atomic E-state index is 12.5. The SMILES string of the molecule is CCOC(=O)c1c[nH]c(C(Cc2cccc(Br)c2)OCc2ccccc2)cc1=O. The Morgan fingerprint density at radius 2 is 1.83 bits per heavy atom. The van der Waals surface area contributed by atoms with Crippen molar-refractivity contribution in [3.05, 3.63) is 104 Å². The van der Waals surface area contributed by atoms with Crippen LogP contribution in [0.3, 0.4) is 0 Å². The number of benzene rings is 2. The van der Waals surface area contributed by atoms with Crippen molar-refractivity contribution in [2.75, 3.05) is 6.61 Å². The van der Waals surface area contributed by atoms with Crippen LogP contribution in [0, 0.1) is 0 Å². The molecule has 0 radical (unpaired) electrons. The van der Waals surface area contributed by atoms with Crippen LogP contribution in [0.5, 0.6) is 0 Å². The molecule has 150 valence electrons. The number of H-pyrrole nitrogens is 1. The number of aromatic nitrogens is 1. The van der Waals surface area contributed by atoms with E-state index in [9.17, 15) is 9.59 Å². The summed E-state index contributed by atoms with van der Waals surface area (Å²) in [5.74, 6) is -0.631. The summed E-state index contributed by atoms with van der Waals surface area (Å²) in [5.41, 5.74) is 2.31. The van der Waals surface area contributed by atoms with Gasteiger partial charge in [-0.3, -0.25) is 4.79 Å². The molecule has 3 rings (SSSR count). The van der Waals surface area contributed by atoms with Gasteiger partial charge in [-0.2, -0.15) is 0 Å². The highest BCUT2D eigenvalue weighted by molar-refractivity contribution is 9.10. The number of carbonyl (C=O) groups excluding carboxylic acids is 1. The fraction of sp³-hybridized carbons (Fsp3) is 0.217. The third-order valence-corrected chi connectivity index (χ3v) is 4.87. The molecule has 2 aromatic carbocycles. The van der Waals surface area contributed by atoms with Gasteiger partial charge in [-0.05, 0) is 30.2 Å². The number of esters is 1. The highest BCUT2D eigenvalue weighted by Gasteiger charge is 2.18. The first-order chi connectivity index (χ1) is 14.1. The molecule has 29 heavy (non-hydrogen) atoms. The maximum atomic E-state index is 12.5. The van der Waals surface area contributed by atoms with Crippen LogP contribution in [0.2, 0.25) is 0 Å². The van der Waals surface area contributed by atoms with Gasteiger partial charge in [-0.1, -0.05) is 58.4 Å². The van der Waals surface area contributed by atoms with Crippen LogP contribution in [0.25, 0.3) is 0 Å². The summed E-state index contributed by atoms with van der Waals surface area (Å²) in [4.78, 5) is 27.4. The van der Waals surface area contributed by atoms with E-state index in [1.807, 2.05) is 54.6 Å². The maximum Gasteiger partial charge on any atom is 0.343 e. The Hall–Kier alpha value is -2.70. The van der Waals surface area contributed by atoms with E-state index in [0.717, 1.165) is 15.6 Å². The first-order valence-electron chi connectivity index (χ1n) is 9.36. The Morgan fingerprint density at radius 3 is 2.52 bits per heavy atom. The molecule has 1 heterocycles. The van der Waals surface area contributed by atoms with Gasteiger partial charge in [0.25, 0.3) is 0 Å². The second-order valence-electron chi connectivity index (χ2n) is 6.51. The van der Waals surface area contributed by atoms with Gasteiger partial charge in [0.05, 0.1) is 13.2 Å². The second kappa shape index (κ2) is 10.2. The van der Waals surface area contributed by atoms with Gasteiger partial charge in [0, 0.05) is 28.9 Å². The lowest BCUT2D eigenvalue weighted by atomic mass is 10.0. The third-order valence-electron chi connectivity index (χ3n) is 4.38. The number of hydrogen-bond acceptors (Lipinski definition) is 4. The highest BCUT2D eigenvalue weighted by atomic mass is 79.9. The summed E-state index contributed by atoms with van der Waals surface area (Å²) in [7, 11) is 0. The van der Waals surface area contributed by atoms with E-state index in [4.69, 9.17) is 9.47 Å². The summed E-state index contributed by atoms with van der Waals surface area (Å²) in [6.07, 6.45) is 1.59. The fourth-order valence-corrected chi connectivity index (χ4v) is 3.40. The van der Waals surface area contributed by atoms with Gasteiger partial charge in [0.2, 0.25) is 0 Å². The third kappa shape index (κ3) is 5.89. The number of nitrogens with one attached hydrogen (secondary N) is 1. The van der Waals surface area contributed by atoms with Crippen molar-refractivity contribution >= 4 is 21.9 Å². The van der Waals surface area contributed by atoms with Crippen molar-refractivity contribution in [3.8, 4) is 0 Å². The molecule has 0 amide bonds. The topological polar surface area (TPSA) is 68.4 Å². The number of aromatic amines is 1. The van der Waals surface area contributed by atoms with Crippen LogP contribution in [0.15, 0.2) is 76.1 Å². The Kier molecular flexibility index (Phi) is 7.38. The minimum absolute atomic E-state index is 0.0140. The summed E-state index contributed by atoms with van der Waals surface area (Å²) < 4.78 is 12.1. The molecular formula is C23H22BrNO4. The first kappa shape index (κ1) is 21.0. The quantitative estimate of drug-likeness (QED) is 0.494. The monoisotopic (exact) mass is 455 g/mol. The molecule has 0 bridgehead atoms. The molecule has 5 nitrogen and oxygen atoms in total. The van der Waals surface area contributed by atoms with Crippen LogP contribution in [-0.4, -0.2) is 17.6 Å². The molecule has 1 aromatic heterocycles. The predicted octanol–water partition coefficient (Wildman–Crippen LogP) is 4.81. The van der Waals surface area contributed by atoms with Crippen molar-refractivity contribution in [1.82, 2.24) is 4.98 Å². The molecule has 1 unspecified atom stereocenters. The minimum Gasteiger partial charge on any atom is -0.462 e. The average molecular weight is 456 g/mol. The van der Waals surface area contributed by atoms with E-state index < -0.39 is 5.97 Å². The van der Waals surface area contributed by atoms with Crippen LogP contribution in [0.4, 0.5) is 0 Å². The van der Waals surface area contributed by atoms with E-state index in [-0.39, 0.29) is 23.7 Å². The van der Waals surface area contributed by atoms with Crippen molar-refractivity contribution < 1.29 is 14.3 Å². The number of ether oxygens (including phenoxy) is 2. The van der Waals surface area contributed by atoms with Crippen molar-refractivity contribution in [2.45, 2.75) is 26.1 Å². The van der Waals surface area contributed by atoms with Gasteiger partial charge in [0.15, 0.2) is 5.43 Å². The molecule has 1 atom stereocenters. The van der Waals surface area contributed by atoms with Crippen molar-refractivity contribution in [3.63, 3.8) is 0 Å². The van der Waals surface area contributed by atoms with Gasteiger partial charge in [-0.15, -0.1) is 0 Å². The van der Waals surface area contributed by atoms with Crippen molar-refractivity contribution in [2.24, 2.45) is 0 Å². The zero-order chi connectivity index (χ0) is 20.6. The fourth-order valence-electron chi connectivity index (χ4n) is 2.95. The van der Waals surface area contributed by atoms with Crippen LogP contribution >= 0.6 is 15.9 Å². The molecule has 0 spiro atoms. The number of pyridine rings is 1. The Bertz CT molecular complexity index is 1020. The van der Waals surface area contributed by atoms with E-state index in [2.05, 4.69) is 20.9 Å². The summed E-state index contributed by atoms with van der Waals surface area (Å²) in [6, 6.07) is 19.2. The van der Waals surface area contributed by atoms with Crippen molar-refractivity contribution in [1.29, 1.82) is 0 Å². The van der Waals surface area contributed by atoms with Gasteiger partial charge < -0.3 is 14.5 Å². The Morgan fingerprint density at radius 1 is 1.07 bits per heavy atom. The molecule has 0 fully saturated rings. The Balaban J connectivity index is 1.86. The predicted molar refractivity (Wildman–Crippen MR) is 115 cm³/mol. The lowest BCUT2D eigenvalue weighted by Crippen LogP contribution is -2.20. The van der Waals surface area contributed by atoms with Gasteiger partial charge in [0.1, 0.15) is 11.7 Å². The summed E-state index contributed by atoms with van der Waals surface area (Å²) >= 11 is 3.49. The summed E-state index contributed by atoms with van der Waals surface area (Å²) in [5, 5.41) is 0. The number of rotatable bonds is 8. The lowest BCUT2D eigenvalue weighted by Gasteiger charge is -2.19. The molecule has 0 aliphatic heterocycles. The van der Waals surface area contributed by atoms with E-state index >= 15 is 0 Å². The standard InChI is InChI=1S/C23H22BrNO4/c1-2-28-23(27)19-14-25-20(13-21(19)26)22(12-17-9-6-10-18(24)11-17)29-15-16-7-4-3-5-8-16/h3-11,13-14,22H,2,12,15H2,1H3,(H,25,26). The number of halogens is 1. The molecule has 1 N–H and O–H groups in total. The normalized spacial score (nSPS) is 11.8. The smallest absolute Gasteiger partial charge is 0.343 e. The van der Waals surface area contributed by atoms with Crippen LogP contribution in [-0.2, 0) is 22.5 Å². The van der Waals surface area contributed by atoms with Gasteiger partial charge in [-0.25, -0.2) is 4.79 Å². The van der Waals surface area contributed by atoms with Gasteiger partial charge >= 0.3 is 5.97 Å². The lowest BCUT2D eigenvalue weighted by molar-refractivity contribution is 0.0368. The molecular weight excluding hydrogens is 434 g/mol. The first-order valence-corrected chi connectivity index (χ1v) is 10.2. The van der Waals surface area contributed by atoms with E-state index in [1.165, 1.54) is 12.3 Å². The summed E-state index contributed by atoms with van der Waals surface area (Å²) in [6.45, 7) is 2.32. The molecule has 3 aromatic rings. The van der Waals surface area contributed by atoms with Crippen LogP contribution in [0.1, 0.15) is 40.2 Å². The van der Waals surface area contributed by atoms with Crippen LogP contribution < -0.4 is 5.43 Å². The van der Waals surface area contributed by atoms with E-state index in [0.29, 0.717) is 18.7 Å². The molecule has 0 aliphatic rings. The molecule has 0 saturated heterocycles.